The maximum atomic E-state index is 12.9. The van der Waals surface area contributed by atoms with Gasteiger partial charge in [-0.05, 0) is 75.5 Å². The first-order valence-electron chi connectivity index (χ1n) is 14.3. The number of aliphatic imine (C=N–C) groups is 2. The van der Waals surface area contributed by atoms with Crippen molar-refractivity contribution in [2.24, 2.45) is 21.6 Å². The molecule has 208 valence electrons. The van der Waals surface area contributed by atoms with Crippen molar-refractivity contribution in [1.29, 1.82) is 0 Å². The van der Waals surface area contributed by atoms with Crippen molar-refractivity contribution in [3.05, 3.63) is 58.7 Å². The Balaban J connectivity index is 1.37. The van der Waals surface area contributed by atoms with Crippen LogP contribution in [0.15, 0.2) is 46.4 Å². The van der Waals surface area contributed by atoms with E-state index >= 15 is 0 Å². The Morgan fingerprint density at radius 1 is 1.13 bits per heavy atom. The van der Waals surface area contributed by atoms with E-state index in [1.165, 1.54) is 37.7 Å². The predicted molar refractivity (Wildman–Crippen MR) is 155 cm³/mol. The molecule has 2 fully saturated rings. The molecule has 1 saturated heterocycles. The number of carbonyl (C=O) groups excluding carboxylic acids is 1. The highest BCUT2D eigenvalue weighted by atomic mass is 16.5. The van der Waals surface area contributed by atoms with Crippen LogP contribution in [-0.2, 0) is 0 Å². The van der Waals surface area contributed by atoms with E-state index in [1.54, 1.807) is 7.11 Å². The number of methoxy groups -OCH3 is 1. The zero-order chi connectivity index (χ0) is 27.4. The zero-order valence-corrected chi connectivity index (χ0v) is 23.4. The highest BCUT2D eigenvalue weighted by Crippen LogP contribution is 2.42. The Morgan fingerprint density at radius 3 is 2.62 bits per heavy atom. The lowest BCUT2D eigenvalue weighted by Gasteiger charge is -2.39. The van der Waals surface area contributed by atoms with Gasteiger partial charge in [-0.3, -0.25) is 20.1 Å². The molecule has 0 unspecified atom stereocenters. The van der Waals surface area contributed by atoms with Crippen molar-refractivity contribution in [1.82, 2.24) is 10.2 Å². The van der Waals surface area contributed by atoms with Gasteiger partial charge in [0.05, 0.1) is 25.5 Å². The number of guanidine groups is 1. The Hall–Kier alpha value is -3.39. The van der Waals surface area contributed by atoms with E-state index in [-0.39, 0.29) is 17.9 Å². The third kappa shape index (κ3) is 6.11. The number of hydrogen-bond acceptors (Lipinski definition) is 6. The molecule has 2 aromatic rings. The lowest BCUT2D eigenvalue weighted by molar-refractivity contribution is 0.0976. The number of nitrogens with two attached hydrogens (primary N) is 1. The number of amides is 1. The van der Waals surface area contributed by atoms with Crippen molar-refractivity contribution in [3.63, 3.8) is 0 Å². The molecule has 0 radical (unpaired) electrons. The molecule has 8 heteroatoms. The van der Waals surface area contributed by atoms with Gasteiger partial charge >= 0.3 is 0 Å². The number of hydrogen-bond donors (Lipinski definition) is 2. The average Bonchev–Trinajstić information content (AvgIpc) is 2.96. The summed E-state index contributed by atoms with van der Waals surface area (Å²) < 4.78 is 11.6. The van der Waals surface area contributed by atoms with E-state index in [0.29, 0.717) is 36.3 Å². The minimum Gasteiger partial charge on any atom is -0.493 e. The Kier molecular flexibility index (Phi) is 8.50. The van der Waals surface area contributed by atoms with Gasteiger partial charge in [0.1, 0.15) is 0 Å². The monoisotopic (exact) mass is 531 g/mol. The summed E-state index contributed by atoms with van der Waals surface area (Å²) in [6.07, 6.45) is 7.20. The first-order valence-corrected chi connectivity index (χ1v) is 14.3. The van der Waals surface area contributed by atoms with E-state index in [1.807, 2.05) is 37.3 Å². The number of likely N-dealkylation sites (tertiary alicyclic amines) is 1. The Labute approximate surface area is 231 Å². The molecule has 5 rings (SSSR count). The van der Waals surface area contributed by atoms with E-state index in [0.717, 1.165) is 42.1 Å². The number of piperidine rings is 1. The van der Waals surface area contributed by atoms with Crippen molar-refractivity contribution in [3.8, 4) is 11.5 Å². The van der Waals surface area contributed by atoms with E-state index in [9.17, 15) is 4.79 Å². The Bertz CT molecular complexity index is 1230. The minimum atomic E-state index is -0.254. The van der Waals surface area contributed by atoms with Crippen LogP contribution < -0.4 is 20.5 Å². The fraction of sp³-hybridized carbons (Fsp3) is 0.516. The predicted octanol–water partition coefficient (Wildman–Crippen LogP) is 4.36. The molecule has 3 aliphatic rings. The average molecular weight is 532 g/mol. The van der Waals surface area contributed by atoms with Crippen LogP contribution in [0.25, 0.3) is 0 Å². The summed E-state index contributed by atoms with van der Waals surface area (Å²) in [5, 5.41) is 2.75. The normalized spacial score (nSPS) is 21.9. The molecule has 2 aliphatic heterocycles. The van der Waals surface area contributed by atoms with Gasteiger partial charge in [0, 0.05) is 35.7 Å². The summed E-state index contributed by atoms with van der Waals surface area (Å²) in [7, 11) is 3.83. The smallest absolute Gasteiger partial charge is 0.257 e. The summed E-state index contributed by atoms with van der Waals surface area (Å²) in [5.74, 6) is 2.27. The fourth-order valence-electron chi connectivity index (χ4n) is 6.15. The number of carbonyl (C=O) groups is 1. The molecule has 39 heavy (non-hydrogen) atoms. The number of ether oxygens (including phenoxy) is 2. The van der Waals surface area contributed by atoms with Gasteiger partial charge in [0.15, 0.2) is 17.5 Å². The minimum absolute atomic E-state index is 0.186. The van der Waals surface area contributed by atoms with Gasteiger partial charge in [0.2, 0.25) is 0 Å². The SMILES string of the molecule is CCOc1cc2c(cc1OC)C(c1ccc(C(=O)NC(N)=NCC3CCCCC3)cc1)=N[C@H]1CCN(C)C[C@@H]21. The Morgan fingerprint density at radius 2 is 1.90 bits per heavy atom. The molecule has 2 aromatic carbocycles. The standard InChI is InChI=1S/C31H41N5O3/c1-4-39-28-16-23-24(17-27(28)38-3)29(34-26-14-15-36(2)19-25(23)26)21-10-12-22(13-11-21)30(37)35-31(32)33-18-20-8-6-5-7-9-20/h10-13,16-17,20,25-26H,4-9,14-15,18-19H2,1-3H3,(H3,32,33,35,37)/t25-,26-/m0/s1. The summed E-state index contributed by atoms with van der Waals surface area (Å²) in [6, 6.07) is 12.0. The van der Waals surface area contributed by atoms with E-state index in [2.05, 4.69) is 28.3 Å². The molecular formula is C31H41N5O3. The summed E-state index contributed by atoms with van der Waals surface area (Å²) in [5.41, 5.74) is 10.8. The third-order valence-corrected chi connectivity index (χ3v) is 8.27. The maximum Gasteiger partial charge on any atom is 0.257 e. The second-order valence-corrected chi connectivity index (χ2v) is 11.0. The third-order valence-electron chi connectivity index (χ3n) is 8.27. The van der Waals surface area contributed by atoms with Gasteiger partial charge in [-0.1, -0.05) is 31.4 Å². The highest BCUT2D eigenvalue weighted by molar-refractivity contribution is 6.15. The van der Waals surface area contributed by atoms with Crippen LogP contribution in [0.4, 0.5) is 0 Å². The van der Waals surface area contributed by atoms with Gasteiger partial charge in [-0.15, -0.1) is 0 Å². The molecule has 2 heterocycles. The number of nitrogens with zero attached hydrogens (tertiary/aromatic N) is 3. The zero-order valence-electron chi connectivity index (χ0n) is 23.4. The molecule has 3 N–H and O–H groups in total. The number of nitrogens with one attached hydrogen (secondary N) is 1. The van der Waals surface area contributed by atoms with Crippen LogP contribution in [0, 0.1) is 5.92 Å². The van der Waals surface area contributed by atoms with E-state index in [4.69, 9.17) is 20.2 Å². The highest BCUT2D eigenvalue weighted by Gasteiger charge is 2.36. The van der Waals surface area contributed by atoms with Crippen LogP contribution in [0.3, 0.4) is 0 Å². The van der Waals surface area contributed by atoms with Crippen molar-refractivity contribution >= 4 is 17.6 Å². The largest absolute Gasteiger partial charge is 0.493 e. The number of rotatable bonds is 7. The van der Waals surface area contributed by atoms with Gasteiger partial charge in [-0.2, -0.15) is 0 Å². The van der Waals surface area contributed by atoms with Crippen molar-refractivity contribution < 1.29 is 14.3 Å². The maximum absolute atomic E-state index is 12.9. The molecule has 8 nitrogen and oxygen atoms in total. The molecule has 0 spiro atoms. The topological polar surface area (TPSA) is 102 Å². The summed E-state index contributed by atoms with van der Waals surface area (Å²) in [4.78, 5) is 24.9. The summed E-state index contributed by atoms with van der Waals surface area (Å²) in [6.45, 7) is 5.21. The molecule has 2 atom stereocenters. The molecule has 1 saturated carbocycles. The number of likely N-dealkylation sites (N-methyl/N-ethyl adjacent to an activating group) is 1. The van der Waals surface area contributed by atoms with Gasteiger partial charge < -0.3 is 20.1 Å². The van der Waals surface area contributed by atoms with Crippen LogP contribution in [0.2, 0.25) is 0 Å². The van der Waals surface area contributed by atoms with Crippen molar-refractivity contribution in [2.45, 2.75) is 57.4 Å². The number of fused-ring (bicyclic) bond motifs is 3. The molecule has 1 amide bonds. The lowest BCUT2D eigenvalue weighted by Crippen LogP contribution is -2.41. The second-order valence-electron chi connectivity index (χ2n) is 11.0. The van der Waals surface area contributed by atoms with Crippen LogP contribution in [0.5, 0.6) is 11.5 Å². The molecule has 1 aliphatic carbocycles. The first-order chi connectivity index (χ1) is 19.0. The number of benzene rings is 2. The van der Waals surface area contributed by atoms with Crippen LogP contribution in [-0.4, -0.2) is 68.9 Å². The second kappa shape index (κ2) is 12.2. The quantitative estimate of drug-likeness (QED) is 0.408. The molecule has 0 aromatic heterocycles. The summed E-state index contributed by atoms with van der Waals surface area (Å²) >= 11 is 0. The van der Waals surface area contributed by atoms with Crippen LogP contribution >= 0.6 is 0 Å². The van der Waals surface area contributed by atoms with Crippen molar-refractivity contribution in [2.75, 3.05) is 40.4 Å². The molecular weight excluding hydrogens is 490 g/mol. The fourth-order valence-corrected chi connectivity index (χ4v) is 6.15. The van der Waals surface area contributed by atoms with E-state index < -0.39 is 0 Å². The first kappa shape index (κ1) is 27.2. The van der Waals surface area contributed by atoms with Gasteiger partial charge in [0.25, 0.3) is 5.91 Å². The van der Waals surface area contributed by atoms with Gasteiger partial charge in [-0.25, -0.2) is 0 Å². The van der Waals surface area contributed by atoms with Crippen LogP contribution in [0.1, 0.15) is 78.4 Å². The molecule has 0 bridgehead atoms. The lowest BCUT2D eigenvalue weighted by atomic mass is 9.79.